The maximum atomic E-state index is 10.9. The van der Waals surface area contributed by atoms with Crippen LogP contribution < -0.4 is 5.43 Å². The molecule has 0 aliphatic carbocycles. The third-order valence-electron chi connectivity index (χ3n) is 3.43. The van der Waals surface area contributed by atoms with Gasteiger partial charge in [-0.2, -0.15) is 0 Å². The van der Waals surface area contributed by atoms with E-state index in [2.05, 4.69) is 29.3 Å². The van der Waals surface area contributed by atoms with Crippen molar-refractivity contribution >= 4 is 11.7 Å². The first-order chi connectivity index (χ1) is 8.58. The second kappa shape index (κ2) is 5.35. The molecule has 0 aromatic carbocycles. The summed E-state index contributed by atoms with van der Waals surface area (Å²) in [6.07, 6.45) is 5.09. The summed E-state index contributed by atoms with van der Waals surface area (Å²) >= 11 is 0. The van der Waals surface area contributed by atoms with Gasteiger partial charge in [0.15, 0.2) is 0 Å². The van der Waals surface area contributed by atoms with E-state index in [4.69, 9.17) is 5.11 Å². The van der Waals surface area contributed by atoms with Gasteiger partial charge in [0, 0.05) is 18.3 Å². The summed E-state index contributed by atoms with van der Waals surface area (Å²) < 4.78 is 0. The molecular weight excluding hydrogens is 230 g/mol. The molecule has 1 aromatic heterocycles. The topological polar surface area (TPSA) is 65.5 Å². The number of aromatic carboxylic acids is 1. The molecule has 0 saturated carbocycles. The Morgan fingerprint density at radius 3 is 2.72 bits per heavy atom. The van der Waals surface area contributed by atoms with Crippen LogP contribution in [0.5, 0.6) is 0 Å². The number of carboxylic acid groups (broad SMARTS) is 1. The fourth-order valence-corrected chi connectivity index (χ4v) is 2.41. The molecule has 0 amide bonds. The number of anilines is 1. The predicted octanol–water partition coefficient (Wildman–Crippen LogP) is 2.37. The van der Waals surface area contributed by atoms with Crippen molar-refractivity contribution < 1.29 is 9.90 Å². The number of carboxylic acids is 1. The number of carbonyl (C=O) groups is 1. The van der Waals surface area contributed by atoms with Gasteiger partial charge in [-0.1, -0.05) is 6.42 Å². The van der Waals surface area contributed by atoms with Gasteiger partial charge in [-0.15, -0.1) is 0 Å². The zero-order valence-corrected chi connectivity index (χ0v) is 10.8. The fraction of sp³-hybridized carbons (Fsp3) is 0.538. The average molecular weight is 249 g/mol. The molecule has 98 valence electrons. The van der Waals surface area contributed by atoms with Gasteiger partial charge in [-0.25, -0.2) is 14.8 Å². The molecule has 1 fully saturated rings. The van der Waals surface area contributed by atoms with Gasteiger partial charge in [-0.3, -0.25) is 0 Å². The van der Waals surface area contributed by atoms with Crippen LogP contribution in [0.25, 0.3) is 0 Å². The lowest BCUT2D eigenvalue weighted by Gasteiger charge is -2.39. The number of aromatic nitrogens is 1. The molecule has 2 N–H and O–H groups in total. The zero-order valence-electron chi connectivity index (χ0n) is 10.8. The first-order valence-electron chi connectivity index (χ1n) is 6.32. The minimum Gasteiger partial charge on any atom is -0.477 e. The van der Waals surface area contributed by atoms with Crippen LogP contribution in [0.15, 0.2) is 18.3 Å². The summed E-state index contributed by atoms with van der Waals surface area (Å²) in [5.74, 6) is -1.00. The van der Waals surface area contributed by atoms with Crippen LogP contribution in [0.3, 0.4) is 0 Å². The van der Waals surface area contributed by atoms with Crippen molar-refractivity contribution in [3.63, 3.8) is 0 Å². The molecule has 0 bridgehead atoms. The van der Waals surface area contributed by atoms with Gasteiger partial charge in [0.2, 0.25) is 0 Å². The number of nitrogens with one attached hydrogen (secondary N) is 1. The molecule has 2 heterocycles. The average Bonchev–Trinajstić information content (AvgIpc) is 2.34. The van der Waals surface area contributed by atoms with Crippen LogP contribution in [0.2, 0.25) is 0 Å². The lowest BCUT2D eigenvalue weighted by atomic mass is 10.00. The van der Waals surface area contributed by atoms with E-state index >= 15 is 0 Å². The van der Waals surface area contributed by atoms with Crippen molar-refractivity contribution in [3.05, 3.63) is 24.0 Å². The van der Waals surface area contributed by atoms with Gasteiger partial charge >= 0.3 is 5.97 Å². The number of nitrogens with zero attached hydrogens (tertiary/aromatic N) is 2. The Labute approximate surface area is 107 Å². The van der Waals surface area contributed by atoms with Gasteiger partial charge in [-0.05, 0) is 38.8 Å². The summed E-state index contributed by atoms with van der Waals surface area (Å²) in [7, 11) is 0. The Hall–Kier alpha value is -1.62. The molecular formula is C13H19N3O2. The second-order valence-electron chi connectivity index (χ2n) is 4.88. The maximum Gasteiger partial charge on any atom is 0.354 e. The number of pyridine rings is 1. The highest BCUT2D eigenvalue weighted by atomic mass is 16.4. The van der Waals surface area contributed by atoms with Crippen molar-refractivity contribution in [1.82, 2.24) is 9.99 Å². The molecule has 0 spiro atoms. The lowest BCUT2D eigenvalue weighted by molar-refractivity contribution is 0.0690. The highest BCUT2D eigenvalue weighted by Gasteiger charge is 2.24. The SMILES string of the molecule is CC1CCCC(C)N1Nc1ccnc(C(=O)O)c1. The van der Waals surface area contributed by atoms with E-state index < -0.39 is 5.97 Å². The van der Waals surface area contributed by atoms with Gasteiger partial charge in [0.05, 0.1) is 5.69 Å². The Morgan fingerprint density at radius 2 is 2.11 bits per heavy atom. The van der Waals surface area contributed by atoms with E-state index in [0.717, 1.165) is 18.5 Å². The Kier molecular flexibility index (Phi) is 3.81. The van der Waals surface area contributed by atoms with Crippen LogP contribution in [-0.2, 0) is 0 Å². The largest absolute Gasteiger partial charge is 0.477 e. The molecule has 1 aliphatic heterocycles. The van der Waals surface area contributed by atoms with Crippen LogP contribution in [-0.4, -0.2) is 33.2 Å². The highest BCUT2D eigenvalue weighted by Crippen LogP contribution is 2.23. The monoisotopic (exact) mass is 249 g/mol. The molecule has 0 radical (unpaired) electrons. The molecule has 18 heavy (non-hydrogen) atoms. The molecule has 5 heteroatoms. The quantitative estimate of drug-likeness (QED) is 0.861. The Morgan fingerprint density at radius 1 is 1.44 bits per heavy atom. The number of hydrazine groups is 1. The predicted molar refractivity (Wildman–Crippen MR) is 69.4 cm³/mol. The lowest BCUT2D eigenvalue weighted by Crippen LogP contribution is -2.47. The molecule has 2 rings (SSSR count). The normalized spacial score (nSPS) is 24.8. The smallest absolute Gasteiger partial charge is 0.354 e. The summed E-state index contributed by atoms with van der Waals surface area (Å²) in [5.41, 5.74) is 4.15. The number of rotatable bonds is 3. The fourth-order valence-electron chi connectivity index (χ4n) is 2.41. The molecule has 1 saturated heterocycles. The molecule has 5 nitrogen and oxygen atoms in total. The van der Waals surface area contributed by atoms with Crippen molar-refractivity contribution in [2.45, 2.75) is 45.2 Å². The van der Waals surface area contributed by atoms with Crippen LogP contribution in [0.1, 0.15) is 43.6 Å². The van der Waals surface area contributed by atoms with Gasteiger partial charge in [0.25, 0.3) is 0 Å². The minimum absolute atomic E-state index is 0.0670. The molecule has 1 aliphatic rings. The summed E-state index contributed by atoms with van der Waals surface area (Å²) in [6.45, 7) is 4.36. The summed E-state index contributed by atoms with van der Waals surface area (Å²) in [4.78, 5) is 14.7. The van der Waals surface area contributed by atoms with E-state index in [9.17, 15) is 4.79 Å². The maximum absolute atomic E-state index is 10.9. The van der Waals surface area contributed by atoms with E-state index in [1.165, 1.54) is 12.6 Å². The first-order valence-corrected chi connectivity index (χ1v) is 6.32. The number of piperidine rings is 1. The zero-order chi connectivity index (χ0) is 13.1. The van der Waals surface area contributed by atoms with E-state index in [1.54, 1.807) is 12.1 Å². The van der Waals surface area contributed by atoms with E-state index in [1.807, 2.05) is 0 Å². The van der Waals surface area contributed by atoms with E-state index in [-0.39, 0.29) is 5.69 Å². The van der Waals surface area contributed by atoms with Gasteiger partial charge < -0.3 is 10.5 Å². The second-order valence-corrected chi connectivity index (χ2v) is 4.88. The standard InChI is InChI=1S/C13H19N3O2/c1-9-4-3-5-10(2)16(9)15-11-6-7-14-12(8-11)13(17)18/h6-10H,3-5H2,1-2H3,(H,14,15)(H,17,18). The molecule has 2 atom stereocenters. The first kappa shape index (κ1) is 12.8. The Balaban J connectivity index is 2.12. The van der Waals surface area contributed by atoms with Crippen LogP contribution in [0.4, 0.5) is 5.69 Å². The highest BCUT2D eigenvalue weighted by molar-refractivity contribution is 5.86. The van der Waals surface area contributed by atoms with Crippen LogP contribution in [0, 0.1) is 0 Å². The summed E-state index contributed by atoms with van der Waals surface area (Å²) in [5, 5.41) is 11.1. The third kappa shape index (κ3) is 2.79. The van der Waals surface area contributed by atoms with Crippen LogP contribution >= 0.6 is 0 Å². The van der Waals surface area contributed by atoms with Crippen molar-refractivity contribution in [2.75, 3.05) is 5.43 Å². The summed E-state index contributed by atoms with van der Waals surface area (Å²) in [6, 6.07) is 4.27. The third-order valence-corrected chi connectivity index (χ3v) is 3.43. The number of hydrogen-bond acceptors (Lipinski definition) is 4. The van der Waals surface area contributed by atoms with Crippen molar-refractivity contribution in [3.8, 4) is 0 Å². The van der Waals surface area contributed by atoms with Gasteiger partial charge in [0.1, 0.15) is 5.69 Å². The number of hydrogen-bond donors (Lipinski definition) is 2. The van der Waals surface area contributed by atoms with Crippen molar-refractivity contribution in [2.24, 2.45) is 0 Å². The van der Waals surface area contributed by atoms with Crippen molar-refractivity contribution in [1.29, 1.82) is 0 Å². The minimum atomic E-state index is -1.00. The molecule has 1 aromatic rings. The van der Waals surface area contributed by atoms with E-state index in [0.29, 0.717) is 12.1 Å². The molecule has 2 unspecified atom stereocenters. The Bertz CT molecular complexity index is 426.